The number of carboxylic acids is 1. The molecule has 0 bridgehead atoms. The standard InChI is InChI=1S/C31H51N3O7/c1-21(2)13-15-33(19-28(36)32-24-12-11-22-7-4-5-10-27(35)26(22)18-24)29(37)20-34(16-14-30(38)39)31(40)23-8-6-9-25(17-23)41-3/h21-26H,4-20H2,1-3H3,(H,32,36)(H,38,39). The van der Waals surface area contributed by atoms with E-state index in [1.807, 2.05) is 13.8 Å². The van der Waals surface area contributed by atoms with Crippen LogP contribution in [0, 0.1) is 23.7 Å². The number of methoxy groups -OCH3 is 1. The highest BCUT2D eigenvalue weighted by Crippen LogP contribution is 2.37. The highest BCUT2D eigenvalue weighted by Gasteiger charge is 2.37. The molecular formula is C31H51N3O7. The molecule has 5 atom stereocenters. The van der Waals surface area contributed by atoms with Gasteiger partial charge >= 0.3 is 5.97 Å². The summed E-state index contributed by atoms with van der Waals surface area (Å²) >= 11 is 0. The van der Waals surface area contributed by atoms with E-state index < -0.39 is 5.97 Å². The number of hydrogen-bond donors (Lipinski definition) is 2. The van der Waals surface area contributed by atoms with Crippen LogP contribution in [0.5, 0.6) is 0 Å². The summed E-state index contributed by atoms with van der Waals surface area (Å²) in [7, 11) is 1.63. The van der Waals surface area contributed by atoms with E-state index in [1.165, 1.54) is 9.80 Å². The Bertz CT molecular complexity index is 923. The summed E-state index contributed by atoms with van der Waals surface area (Å²) < 4.78 is 5.47. The zero-order valence-electron chi connectivity index (χ0n) is 25.3. The molecule has 232 valence electrons. The zero-order valence-corrected chi connectivity index (χ0v) is 25.3. The number of amides is 3. The third-order valence-electron chi connectivity index (χ3n) is 9.23. The number of fused-ring (bicyclic) bond motifs is 1. The highest BCUT2D eigenvalue weighted by atomic mass is 16.5. The minimum absolute atomic E-state index is 0.0153. The fourth-order valence-corrected chi connectivity index (χ4v) is 6.75. The van der Waals surface area contributed by atoms with Crippen LogP contribution in [-0.4, -0.2) is 89.8 Å². The number of carbonyl (C=O) groups excluding carboxylic acids is 4. The van der Waals surface area contributed by atoms with Crippen molar-refractivity contribution < 1.29 is 33.8 Å². The number of nitrogens with one attached hydrogen (secondary N) is 1. The van der Waals surface area contributed by atoms with E-state index in [2.05, 4.69) is 5.32 Å². The van der Waals surface area contributed by atoms with E-state index in [-0.39, 0.29) is 67.8 Å². The summed E-state index contributed by atoms with van der Waals surface area (Å²) in [5.74, 6) is -1.13. The number of hydrogen-bond acceptors (Lipinski definition) is 6. The molecule has 10 heteroatoms. The van der Waals surface area contributed by atoms with Crippen LogP contribution in [0.25, 0.3) is 0 Å². The lowest BCUT2D eigenvalue weighted by molar-refractivity contribution is -0.147. The molecule has 2 N–H and O–H groups in total. The zero-order chi connectivity index (χ0) is 29.9. The van der Waals surface area contributed by atoms with Crippen molar-refractivity contribution in [3.8, 4) is 0 Å². The number of ketones is 1. The van der Waals surface area contributed by atoms with Crippen LogP contribution in [-0.2, 0) is 28.7 Å². The van der Waals surface area contributed by atoms with Crippen LogP contribution in [0.4, 0.5) is 0 Å². The highest BCUT2D eigenvalue weighted by molar-refractivity contribution is 5.89. The first-order valence-corrected chi connectivity index (χ1v) is 15.7. The Morgan fingerprint density at radius 2 is 1.73 bits per heavy atom. The Balaban J connectivity index is 1.64. The normalized spacial score (nSPS) is 26.5. The monoisotopic (exact) mass is 577 g/mol. The third-order valence-corrected chi connectivity index (χ3v) is 9.23. The Hall–Kier alpha value is -2.49. The lowest BCUT2D eigenvalue weighted by atomic mass is 9.74. The predicted molar refractivity (Wildman–Crippen MR) is 154 cm³/mol. The van der Waals surface area contributed by atoms with Crippen molar-refractivity contribution in [1.29, 1.82) is 0 Å². The van der Waals surface area contributed by atoms with Gasteiger partial charge in [0.05, 0.1) is 25.6 Å². The van der Waals surface area contributed by atoms with Gasteiger partial charge in [-0.15, -0.1) is 0 Å². The summed E-state index contributed by atoms with van der Waals surface area (Å²) in [4.78, 5) is 67.0. The summed E-state index contributed by atoms with van der Waals surface area (Å²) in [6.07, 6.45) is 9.56. The lowest BCUT2D eigenvalue weighted by Gasteiger charge is -2.35. The number of rotatable bonds is 13. The number of Topliss-reactive ketones (excluding diaryl/α,β-unsaturated/α-hetero) is 1. The molecule has 0 aromatic rings. The van der Waals surface area contributed by atoms with Crippen LogP contribution in [0.1, 0.15) is 97.3 Å². The van der Waals surface area contributed by atoms with Gasteiger partial charge < -0.3 is 25.0 Å². The maximum Gasteiger partial charge on any atom is 0.305 e. The van der Waals surface area contributed by atoms with Crippen LogP contribution in [0.3, 0.4) is 0 Å². The average molecular weight is 578 g/mol. The molecule has 3 rings (SSSR count). The van der Waals surface area contributed by atoms with Crippen LogP contribution < -0.4 is 5.32 Å². The first-order chi connectivity index (χ1) is 19.6. The van der Waals surface area contributed by atoms with Crippen molar-refractivity contribution in [3.63, 3.8) is 0 Å². The van der Waals surface area contributed by atoms with E-state index >= 15 is 0 Å². The molecular weight excluding hydrogens is 526 g/mol. The average Bonchev–Trinajstić information content (AvgIpc) is 3.13. The van der Waals surface area contributed by atoms with E-state index in [0.717, 1.165) is 44.9 Å². The summed E-state index contributed by atoms with van der Waals surface area (Å²) in [5.41, 5.74) is 0. The first kappa shape index (κ1) is 33.0. The molecule has 41 heavy (non-hydrogen) atoms. The maximum absolute atomic E-state index is 13.6. The molecule has 0 aromatic carbocycles. The molecule has 0 saturated heterocycles. The molecule has 3 amide bonds. The van der Waals surface area contributed by atoms with E-state index in [1.54, 1.807) is 7.11 Å². The largest absolute Gasteiger partial charge is 0.481 e. The second-order valence-corrected chi connectivity index (χ2v) is 12.8. The summed E-state index contributed by atoms with van der Waals surface area (Å²) in [6.45, 7) is 4.02. The third kappa shape index (κ3) is 10.4. The molecule has 10 nitrogen and oxygen atoms in total. The van der Waals surface area contributed by atoms with Crippen molar-refractivity contribution in [3.05, 3.63) is 0 Å². The molecule has 5 unspecified atom stereocenters. The number of aliphatic carboxylic acids is 1. The molecule has 3 saturated carbocycles. The molecule has 3 aliphatic rings. The van der Waals surface area contributed by atoms with Crippen molar-refractivity contribution >= 4 is 29.5 Å². The Labute approximate surface area is 244 Å². The number of carbonyl (C=O) groups is 5. The Morgan fingerprint density at radius 3 is 2.44 bits per heavy atom. The second-order valence-electron chi connectivity index (χ2n) is 12.8. The van der Waals surface area contributed by atoms with Crippen molar-refractivity contribution in [1.82, 2.24) is 15.1 Å². The minimum Gasteiger partial charge on any atom is -0.481 e. The maximum atomic E-state index is 13.6. The van der Waals surface area contributed by atoms with E-state index in [0.29, 0.717) is 56.3 Å². The summed E-state index contributed by atoms with van der Waals surface area (Å²) in [5, 5.41) is 12.4. The fourth-order valence-electron chi connectivity index (χ4n) is 6.75. The van der Waals surface area contributed by atoms with Gasteiger partial charge in [-0.1, -0.05) is 26.7 Å². The lowest BCUT2D eigenvalue weighted by Crippen LogP contribution is -2.50. The smallest absolute Gasteiger partial charge is 0.305 e. The van der Waals surface area contributed by atoms with E-state index in [4.69, 9.17) is 4.74 Å². The molecule has 0 aromatic heterocycles. The van der Waals surface area contributed by atoms with Crippen LogP contribution in [0.15, 0.2) is 0 Å². The molecule has 0 aliphatic heterocycles. The fraction of sp³-hybridized carbons (Fsp3) is 0.839. The predicted octanol–water partition coefficient (Wildman–Crippen LogP) is 3.41. The van der Waals surface area contributed by atoms with Gasteiger partial charge in [0.15, 0.2) is 0 Å². The Kier molecular flexibility index (Phi) is 13.1. The van der Waals surface area contributed by atoms with Gasteiger partial charge in [-0.05, 0) is 69.6 Å². The van der Waals surface area contributed by atoms with Gasteiger partial charge in [0.2, 0.25) is 17.7 Å². The molecule has 3 fully saturated rings. The van der Waals surface area contributed by atoms with Crippen LogP contribution >= 0.6 is 0 Å². The number of ether oxygens (including phenoxy) is 1. The van der Waals surface area contributed by atoms with Crippen molar-refractivity contribution in [2.45, 2.75) is 109 Å². The molecule has 0 heterocycles. The van der Waals surface area contributed by atoms with Crippen molar-refractivity contribution in [2.24, 2.45) is 23.7 Å². The second kappa shape index (κ2) is 16.2. The van der Waals surface area contributed by atoms with Gasteiger partial charge in [0.1, 0.15) is 5.78 Å². The number of carboxylic acid groups (broad SMARTS) is 1. The van der Waals surface area contributed by atoms with Gasteiger partial charge in [-0.2, -0.15) is 0 Å². The first-order valence-electron chi connectivity index (χ1n) is 15.7. The topological polar surface area (TPSA) is 133 Å². The van der Waals surface area contributed by atoms with Crippen LogP contribution in [0.2, 0.25) is 0 Å². The quantitative estimate of drug-likeness (QED) is 0.343. The minimum atomic E-state index is -1.04. The van der Waals surface area contributed by atoms with E-state index in [9.17, 15) is 29.1 Å². The summed E-state index contributed by atoms with van der Waals surface area (Å²) in [6, 6.07) is -0.0819. The van der Waals surface area contributed by atoms with Gasteiger partial charge in [-0.25, -0.2) is 0 Å². The molecule has 0 radical (unpaired) electrons. The van der Waals surface area contributed by atoms with Crippen molar-refractivity contribution in [2.75, 3.05) is 33.3 Å². The SMILES string of the molecule is COC1CCCC(C(=O)N(CCC(=O)O)CC(=O)N(CCC(C)C)CC(=O)NC2CCC3CCCCC(=O)C3C2)C1. The van der Waals surface area contributed by atoms with Gasteiger partial charge in [0, 0.05) is 44.5 Å². The van der Waals surface area contributed by atoms with Gasteiger partial charge in [0.25, 0.3) is 0 Å². The van der Waals surface area contributed by atoms with Gasteiger partial charge in [-0.3, -0.25) is 24.0 Å². The molecule has 3 aliphatic carbocycles. The molecule has 0 spiro atoms. The Morgan fingerprint density at radius 1 is 0.951 bits per heavy atom. The number of nitrogens with zero attached hydrogens (tertiary/aromatic N) is 2.